The molecule has 29 heavy (non-hydrogen) atoms. The Morgan fingerprint density at radius 2 is 1.55 bits per heavy atom. The van der Waals surface area contributed by atoms with Crippen molar-refractivity contribution in [3.63, 3.8) is 0 Å². The Balaban J connectivity index is 1.97. The monoisotopic (exact) mass is 397 g/mol. The van der Waals surface area contributed by atoms with Crippen LogP contribution in [0.4, 0.5) is 0 Å². The Hall–Kier alpha value is -2.71. The van der Waals surface area contributed by atoms with Crippen LogP contribution in [0.5, 0.6) is 0 Å². The molecule has 0 bridgehead atoms. The van der Waals surface area contributed by atoms with Crippen molar-refractivity contribution in [3.05, 3.63) is 84.0 Å². The molecule has 0 aliphatic carbocycles. The van der Waals surface area contributed by atoms with E-state index in [1.807, 2.05) is 0 Å². The van der Waals surface area contributed by atoms with Crippen LogP contribution in [0.2, 0.25) is 19.6 Å². The number of pyridine rings is 1. The van der Waals surface area contributed by atoms with Crippen molar-refractivity contribution in [2.24, 2.45) is 7.05 Å². The normalized spacial score (nSPS) is 12.3. The number of hydrogen-bond donors (Lipinski definition) is 0. The van der Waals surface area contributed by atoms with Crippen LogP contribution in [0.3, 0.4) is 0 Å². The summed E-state index contributed by atoms with van der Waals surface area (Å²) in [6.07, 6.45) is 0. The summed E-state index contributed by atoms with van der Waals surface area (Å²) in [5, 5.41) is 3.62. The molecule has 4 aromatic rings. The van der Waals surface area contributed by atoms with Gasteiger partial charge >= 0.3 is 0 Å². The molecule has 0 atom stereocenters. The van der Waals surface area contributed by atoms with Crippen molar-refractivity contribution >= 4 is 24.0 Å². The Bertz CT molecular complexity index is 1250. The van der Waals surface area contributed by atoms with Crippen LogP contribution < -0.4 is 9.75 Å². The lowest BCUT2D eigenvalue weighted by atomic mass is 9.95. The summed E-state index contributed by atoms with van der Waals surface area (Å²) in [6.45, 7) is 11.3. The Morgan fingerprint density at radius 3 is 2.21 bits per heavy atom. The molecule has 4 rings (SSSR count). The Kier molecular flexibility index (Phi) is 4.60. The van der Waals surface area contributed by atoms with E-state index in [-0.39, 0.29) is 0 Å². The molecule has 0 saturated carbocycles. The highest BCUT2D eigenvalue weighted by atomic mass is 28.3. The first-order chi connectivity index (χ1) is 14.2. The molecular formula is C27H30NSi+. The smallest absolute Gasteiger partial charge is 0.198 e. The largest absolute Gasteiger partial charge is 0.220 e. The SMILES string of the molecule is [2H]c1c(C)[n+](C)c(-c2ccc(-c3ccccc3)cc2C)c2ccc([Si](C)(C)C)cc12. The molecule has 1 aromatic heterocycles. The topological polar surface area (TPSA) is 3.88 Å². The predicted octanol–water partition coefficient (Wildman–Crippen LogP) is 6.16. The predicted molar refractivity (Wildman–Crippen MR) is 128 cm³/mol. The number of rotatable bonds is 3. The van der Waals surface area contributed by atoms with Crippen molar-refractivity contribution in [1.82, 2.24) is 0 Å². The van der Waals surface area contributed by atoms with Crippen LogP contribution in [-0.4, -0.2) is 8.07 Å². The van der Waals surface area contributed by atoms with E-state index in [1.165, 1.54) is 33.1 Å². The average Bonchev–Trinajstić information content (AvgIpc) is 2.73. The highest BCUT2D eigenvalue weighted by Gasteiger charge is 2.22. The first kappa shape index (κ1) is 18.3. The fourth-order valence-corrected chi connectivity index (χ4v) is 5.17. The number of aryl methyl sites for hydroxylation is 1. The van der Waals surface area contributed by atoms with Gasteiger partial charge in [-0.25, -0.2) is 0 Å². The van der Waals surface area contributed by atoms with Crippen molar-refractivity contribution in [2.45, 2.75) is 33.5 Å². The van der Waals surface area contributed by atoms with E-state index in [0.717, 1.165) is 16.5 Å². The molecule has 0 saturated heterocycles. The summed E-state index contributed by atoms with van der Waals surface area (Å²) >= 11 is 0. The van der Waals surface area contributed by atoms with Crippen LogP contribution in [0, 0.1) is 13.8 Å². The van der Waals surface area contributed by atoms with Crippen LogP contribution in [0.1, 0.15) is 12.6 Å². The molecule has 146 valence electrons. The molecule has 0 spiro atoms. The van der Waals surface area contributed by atoms with E-state index < -0.39 is 8.07 Å². The van der Waals surface area contributed by atoms with Crippen LogP contribution in [0.25, 0.3) is 33.2 Å². The molecule has 0 fully saturated rings. The third-order valence-corrected chi connectivity index (χ3v) is 7.93. The number of fused-ring (bicyclic) bond motifs is 1. The molecule has 0 aliphatic rings. The number of aromatic nitrogens is 1. The fourth-order valence-electron chi connectivity index (χ4n) is 4.01. The standard InChI is InChI=1S/C27H30NSi/c1-19-16-22(21-10-8-7-9-11-21)12-14-25(19)27-26-15-13-24(29(4,5)6)18-23(26)17-20(2)28(27)3/h7-18H,1-6H3/q+1/i17D. The minimum absolute atomic E-state index is 0.634. The fraction of sp³-hybridized carbons (Fsp3) is 0.222. The quantitative estimate of drug-likeness (QED) is 0.288. The first-order valence-electron chi connectivity index (χ1n) is 10.8. The van der Waals surface area contributed by atoms with E-state index in [2.05, 4.69) is 112 Å². The van der Waals surface area contributed by atoms with E-state index in [4.69, 9.17) is 1.37 Å². The maximum absolute atomic E-state index is 8.78. The molecule has 0 radical (unpaired) electrons. The van der Waals surface area contributed by atoms with Gasteiger partial charge in [0, 0.05) is 18.5 Å². The molecule has 3 aromatic carbocycles. The number of hydrogen-bond acceptors (Lipinski definition) is 0. The van der Waals surface area contributed by atoms with Crippen LogP contribution in [-0.2, 0) is 7.05 Å². The molecule has 0 aliphatic heterocycles. The van der Waals surface area contributed by atoms with E-state index in [0.29, 0.717) is 6.04 Å². The Labute approximate surface area is 177 Å². The first-order valence-corrected chi connectivity index (χ1v) is 13.8. The van der Waals surface area contributed by atoms with Gasteiger partial charge in [-0.15, -0.1) is 0 Å². The minimum Gasteiger partial charge on any atom is -0.198 e. The zero-order valence-electron chi connectivity index (χ0n) is 19.3. The van der Waals surface area contributed by atoms with Gasteiger partial charge in [0.1, 0.15) is 7.05 Å². The number of benzene rings is 3. The molecule has 1 heterocycles. The summed E-state index contributed by atoms with van der Waals surface area (Å²) in [4.78, 5) is 0. The maximum atomic E-state index is 8.78. The van der Waals surface area contributed by atoms with Gasteiger partial charge in [-0.1, -0.05) is 79.4 Å². The zero-order valence-corrected chi connectivity index (χ0v) is 19.3. The summed E-state index contributed by atoms with van der Waals surface area (Å²) in [5.74, 6) is 0. The molecule has 0 amide bonds. The second kappa shape index (κ2) is 7.27. The summed E-state index contributed by atoms with van der Waals surface area (Å²) in [6, 6.07) is 24.7. The minimum atomic E-state index is -1.45. The van der Waals surface area contributed by atoms with Gasteiger partial charge in [-0.05, 0) is 41.1 Å². The van der Waals surface area contributed by atoms with Crippen molar-refractivity contribution < 1.29 is 5.94 Å². The third-order valence-electron chi connectivity index (χ3n) is 5.88. The average molecular weight is 398 g/mol. The second-order valence-electron chi connectivity index (χ2n) is 9.02. The van der Waals surface area contributed by atoms with Gasteiger partial charge in [-0.2, -0.15) is 4.57 Å². The maximum Gasteiger partial charge on any atom is 0.220 e. The highest BCUT2D eigenvalue weighted by Crippen LogP contribution is 2.31. The molecule has 0 unspecified atom stereocenters. The highest BCUT2D eigenvalue weighted by molar-refractivity contribution is 6.88. The molecule has 2 heteroatoms. The van der Waals surface area contributed by atoms with Crippen molar-refractivity contribution in [1.29, 1.82) is 0 Å². The molecular weight excluding hydrogens is 366 g/mol. The van der Waals surface area contributed by atoms with E-state index >= 15 is 0 Å². The summed E-state index contributed by atoms with van der Waals surface area (Å²) < 4.78 is 11.0. The van der Waals surface area contributed by atoms with Gasteiger partial charge in [0.25, 0.3) is 0 Å². The van der Waals surface area contributed by atoms with Crippen molar-refractivity contribution in [2.75, 3.05) is 0 Å². The lowest BCUT2D eigenvalue weighted by Crippen LogP contribution is -2.38. The lowest BCUT2D eigenvalue weighted by molar-refractivity contribution is -0.665. The number of nitrogens with zero attached hydrogens (tertiary/aromatic N) is 1. The zero-order chi connectivity index (χ0) is 21.6. The van der Waals surface area contributed by atoms with Gasteiger partial charge in [0.2, 0.25) is 5.69 Å². The van der Waals surface area contributed by atoms with Gasteiger partial charge in [0.05, 0.1) is 14.8 Å². The van der Waals surface area contributed by atoms with Gasteiger partial charge < -0.3 is 0 Å². The van der Waals surface area contributed by atoms with Crippen LogP contribution >= 0.6 is 0 Å². The van der Waals surface area contributed by atoms with E-state index in [1.54, 1.807) is 0 Å². The third kappa shape index (κ3) is 3.65. The van der Waals surface area contributed by atoms with Crippen molar-refractivity contribution in [3.8, 4) is 22.4 Å². The van der Waals surface area contributed by atoms with E-state index in [9.17, 15) is 0 Å². The Morgan fingerprint density at radius 1 is 0.828 bits per heavy atom. The summed E-state index contributed by atoms with van der Waals surface area (Å²) in [5.41, 5.74) is 7.14. The van der Waals surface area contributed by atoms with Crippen LogP contribution in [0.15, 0.2) is 72.8 Å². The molecule has 1 nitrogen and oxygen atoms in total. The second-order valence-corrected chi connectivity index (χ2v) is 14.1. The van der Waals surface area contributed by atoms with Gasteiger partial charge in [-0.3, -0.25) is 0 Å². The van der Waals surface area contributed by atoms with Gasteiger partial charge in [0.15, 0.2) is 5.69 Å². The summed E-state index contributed by atoms with van der Waals surface area (Å²) in [7, 11) is 0.635. The molecule has 0 N–H and O–H groups in total. The lowest BCUT2D eigenvalue weighted by Gasteiger charge is -2.18.